The lowest BCUT2D eigenvalue weighted by molar-refractivity contribution is 0.281. The number of aryl methyl sites for hydroxylation is 4. The van der Waals surface area contributed by atoms with Crippen molar-refractivity contribution in [1.29, 1.82) is 0 Å². The molecule has 0 unspecified atom stereocenters. The molecule has 56 heavy (non-hydrogen) atoms. The zero-order valence-corrected chi connectivity index (χ0v) is 32.9. The van der Waals surface area contributed by atoms with E-state index in [4.69, 9.17) is 9.47 Å². The molecule has 0 bridgehead atoms. The first kappa shape index (κ1) is 38.0. The molecule has 6 nitrogen and oxygen atoms in total. The number of benzene rings is 7. The predicted molar refractivity (Wildman–Crippen MR) is 231 cm³/mol. The van der Waals surface area contributed by atoms with E-state index in [2.05, 4.69) is 147 Å². The van der Waals surface area contributed by atoms with Crippen LogP contribution in [0.15, 0.2) is 146 Å². The molecule has 0 saturated heterocycles. The van der Waals surface area contributed by atoms with Crippen molar-refractivity contribution in [1.82, 2.24) is 0 Å². The number of aliphatic hydroxyl groups excluding tert-OH is 2. The van der Waals surface area contributed by atoms with E-state index in [1.807, 2.05) is 36.4 Å². The average molecular weight is 741 g/mol. The van der Waals surface area contributed by atoms with Crippen LogP contribution in [0.1, 0.15) is 33.4 Å². The Labute approximate surface area is 330 Å². The van der Waals surface area contributed by atoms with Gasteiger partial charge in [-0.25, -0.2) is 0 Å². The van der Waals surface area contributed by atoms with Crippen molar-refractivity contribution in [2.75, 3.05) is 24.0 Å². The maximum Gasteiger partial charge on any atom is 0.119 e. The normalized spacial score (nSPS) is 11.0. The Morgan fingerprint density at radius 3 is 0.929 bits per heavy atom. The number of rotatable bonds is 12. The van der Waals surface area contributed by atoms with Gasteiger partial charge in [-0.1, -0.05) is 72.8 Å². The predicted octanol–water partition coefficient (Wildman–Crippen LogP) is 12.2. The SMILES string of the molecule is COc1ccc(N(c2ccc(-c3ccc(-c4ccc(N(c5ccc(CO)cc5C)c5ccc(CO)cc5C)cc4)cc3)cc2)c2ccc(OC)cc2C)c(C)c1. The summed E-state index contributed by atoms with van der Waals surface area (Å²) in [6.45, 7) is 8.36. The summed E-state index contributed by atoms with van der Waals surface area (Å²) < 4.78 is 11.0. The summed E-state index contributed by atoms with van der Waals surface area (Å²) in [6.07, 6.45) is 0. The molecule has 0 spiro atoms. The highest BCUT2D eigenvalue weighted by atomic mass is 16.5. The van der Waals surface area contributed by atoms with Crippen molar-refractivity contribution < 1.29 is 19.7 Å². The third-order valence-electron chi connectivity index (χ3n) is 10.5. The number of hydrogen-bond acceptors (Lipinski definition) is 6. The highest BCUT2D eigenvalue weighted by Crippen LogP contribution is 2.42. The lowest BCUT2D eigenvalue weighted by Gasteiger charge is -2.29. The number of hydrogen-bond donors (Lipinski definition) is 2. The van der Waals surface area contributed by atoms with Crippen LogP contribution < -0.4 is 19.3 Å². The zero-order chi connectivity index (χ0) is 39.3. The number of anilines is 6. The summed E-state index contributed by atoms with van der Waals surface area (Å²) in [7, 11) is 3.39. The van der Waals surface area contributed by atoms with Crippen LogP contribution in [0.5, 0.6) is 11.5 Å². The molecule has 0 radical (unpaired) electrons. The van der Waals surface area contributed by atoms with Crippen LogP contribution in [0.4, 0.5) is 34.1 Å². The molecule has 0 aromatic heterocycles. The van der Waals surface area contributed by atoms with Gasteiger partial charge in [0.25, 0.3) is 0 Å². The second-order valence-corrected chi connectivity index (χ2v) is 14.2. The van der Waals surface area contributed by atoms with E-state index in [1.54, 1.807) is 14.2 Å². The topological polar surface area (TPSA) is 65.4 Å². The third-order valence-corrected chi connectivity index (χ3v) is 10.5. The summed E-state index contributed by atoms with van der Waals surface area (Å²) in [4.78, 5) is 4.54. The molecule has 0 aliphatic carbocycles. The molecule has 7 aromatic carbocycles. The van der Waals surface area contributed by atoms with Crippen LogP contribution in [0, 0.1) is 27.7 Å². The highest BCUT2D eigenvalue weighted by Gasteiger charge is 2.19. The van der Waals surface area contributed by atoms with Crippen molar-refractivity contribution >= 4 is 34.1 Å². The smallest absolute Gasteiger partial charge is 0.119 e. The first-order valence-electron chi connectivity index (χ1n) is 18.8. The lowest BCUT2D eigenvalue weighted by atomic mass is 9.99. The molecule has 6 heteroatoms. The zero-order valence-electron chi connectivity index (χ0n) is 32.9. The largest absolute Gasteiger partial charge is 0.497 e. The summed E-state index contributed by atoms with van der Waals surface area (Å²) in [5, 5.41) is 19.5. The van der Waals surface area contributed by atoms with Gasteiger partial charge in [0.05, 0.1) is 27.4 Å². The van der Waals surface area contributed by atoms with E-state index in [-0.39, 0.29) is 13.2 Å². The van der Waals surface area contributed by atoms with Gasteiger partial charge in [0.1, 0.15) is 11.5 Å². The summed E-state index contributed by atoms with van der Waals surface area (Å²) in [5.41, 5.74) is 16.9. The fourth-order valence-electron chi connectivity index (χ4n) is 7.42. The Morgan fingerprint density at radius 1 is 0.375 bits per heavy atom. The maximum absolute atomic E-state index is 9.76. The standard InChI is InChI=1S/C50H48N2O4/c1-33-27-37(31-53)7-23-47(33)51(48-24-8-38(32-54)28-34(48)2)43-17-13-41(14-18-43)39-9-11-40(12-10-39)42-15-19-44(20-16-42)52(49-25-21-45(55-5)29-35(49)3)50-26-22-46(56-6)30-36(50)4/h7-30,53-54H,31-32H2,1-6H3. The van der Waals surface area contributed by atoms with Gasteiger partial charge in [0.2, 0.25) is 0 Å². The molecule has 0 fully saturated rings. The van der Waals surface area contributed by atoms with Crippen molar-refractivity contribution in [2.45, 2.75) is 40.9 Å². The summed E-state index contributed by atoms with van der Waals surface area (Å²) in [5.74, 6) is 1.66. The van der Waals surface area contributed by atoms with E-state index in [0.29, 0.717) is 0 Å². The van der Waals surface area contributed by atoms with E-state index in [0.717, 1.165) is 101 Å². The van der Waals surface area contributed by atoms with Crippen LogP contribution in [0.3, 0.4) is 0 Å². The Hall–Kier alpha value is -6.34. The number of ether oxygens (including phenoxy) is 2. The second kappa shape index (κ2) is 16.6. The van der Waals surface area contributed by atoms with Gasteiger partial charge in [0, 0.05) is 34.1 Å². The molecule has 0 saturated carbocycles. The monoisotopic (exact) mass is 740 g/mol. The van der Waals surface area contributed by atoms with Crippen molar-refractivity contribution in [3.8, 4) is 33.8 Å². The molecule has 0 aliphatic rings. The lowest BCUT2D eigenvalue weighted by Crippen LogP contribution is -2.13. The fourth-order valence-corrected chi connectivity index (χ4v) is 7.42. The summed E-state index contributed by atoms with van der Waals surface area (Å²) >= 11 is 0. The van der Waals surface area contributed by atoms with E-state index >= 15 is 0 Å². The average Bonchev–Trinajstić information content (AvgIpc) is 3.23. The minimum Gasteiger partial charge on any atom is -0.497 e. The van der Waals surface area contributed by atoms with Gasteiger partial charge in [0.15, 0.2) is 0 Å². The molecular weight excluding hydrogens is 693 g/mol. The molecule has 0 heterocycles. The maximum atomic E-state index is 9.76. The molecular formula is C50H48N2O4. The first-order chi connectivity index (χ1) is 27.2. The molecule has 7 aromatic rings. The van der Waals surface area contributed by atoms with Crippen LogP contribution >= 0.6 is 0 Å². The van der Waals surface area contributed by atoms with Gasteiger partial charge in [-0.2, -0.15) is 0 Å². The molecule has 0 aliphatic heterocycles. The highest BCUT2D eigenvalue weighted by molar-refractivity contribution is 5.84. The van der Waals surface area contributed by atoms with Gasteiger partial charge in [-0.3, -0.25) is 0 Å². The molecule has 7 rings (SSSR count). The molecule has 282 valence electrons. The van der Waals surface area contributed by atoms with Crippen LogP contribution in [0.25, 0.3) is 22.3 Å². The van der Waals surface area contributed by atoms with Gasteiger partial charge in [-0.15, -0.1) is 0 Å². The first-order valence-corrected chi connectivity index (χ1v) is 18.8. The molecule has 0 atom stereocenters. The van der Waals surface area contributed by atoms with E-state index < -0.39 is 0 Å². The molecule has 2 N–H and O–H groups in total. The quantitative estimate of drug-likeness (QED) is 0.130. The third kappa shape index (κ3) is 7.76. The number of nitrogens with zero attached hydrogens (tertiary/aromatic N) is 2. The van der Waals surface area contributed by atoms with Crippen molar-refractivity contribution in [3.63, 3.8) is 0 Å². The molecule has 0 amide bonds. The van der Waals surface area contributed by atoms with Crippen molar-refractivity contribution in [2.24, 2.45) is 0 Å². The minimum atomic E-state index is -0.00262. The minimum absolute atomic E-state index is 0.00262. The Balaban J connectivity index is 1.17. The Kier molecular flexibility index (Phi) is 11.2. The second-order valence-electron chi connectivity index (χ2n) is 14.2. The number of methoxy groups -OCH3 is 2. The van der Waals surface area contributed by atoms with Crippen molar-refractivity contribution in [3.05, 3.63) is 179 Å². The number of aliphatic hydroxyl groups is 2. The Morgan fingerprint density at radius 2 is 0.661 bits per heavy atom. The van der Waals surface area contributed by atoms with Crippen LogP contribution in [0.2, 0.25) is 0 Å². The van der Waals surface area contributed by atoms with Gasteiger partial charge >= 0.3 is 0 Å². The van der Waals surface area contributed by atoms with E-state index in [1.165, 1.54) is 0 Å². The summed E-state index contributed by atoms with van der Waals surface area (Å²) in [6, 6.07) is 50.6. The van der Waals surface area contributed by atoms with Gasteiger partial charge in [-0.05, 0) is 156 Å². The van der Waals surface area contributed by atoms with E-state index in [9.17, 15) is 10.2 Å². The van der Waals surface area contributed by atoms with Gasteiger partial charge < -0.3 is 29.5 Å². The fraction of sp³-hybridized carbons (Fsp3) is 0.160. The Bertz CT molecular complexity index is 2180. The van der Waals surface area contributed by atoms with Crippen LogP contribution in [-0.4, -0.2) is 24.4 Å². The van der Waals surface area contributed by atoms with Crippen LogP contribution in [-0.2, 0) is 13.2 Å².